The minimum atomic E-state index is -4.47. The van der Waals surface area contributed by atoms with E-state index in [0.29, 0.717) is 41.0 Å². The van der Waals surface area contributed by atoms with Gasteiger partial charge in [0.1, 0.15) is 5.75 Å². The number of anilines is 3. The van der Waals surface area contributed by atoms with Crippen molar-refractivity contribution < 1.29 is 27.5 Å². The number of rotatable bonds is 2. The summed E-state index contributed by atoms with van der Waals surface area (Å²) >= 11 is 0. The van der Waals surface area contributed by atoms with Crippen molar-refractivity contribution >= 4 is 34.4 Å². The number of nitrogens with zero attached hydrogens (tertiary/aromatic N) is 1. The number of alkyl halides is 3. The van der Waals surface area contributed by atoms with Crippen LogP contribution in [-0.4, -0.2) is 32.0 Å². The van der Waals surface area contributed by atoms with Crippen molar-refractivity contribution in [3.8, 4) is 5.75 Å². The summed E-state index contributed by atoms with van der Waals surface area (Å²) in [5, 5.41) is 5.59. The van der Waals surface area contributed by atoms with E-state index in [9.17, 15) is 22.8 Å². The first-order valence-electron chi connectivity index (χ1n) is 9.72. The lowest BCUT2D eigenvalue weighted by atomic mass is 9.99. The minimum Gasteiger partial charge on any atom is -0.493 e. The molecule has 0 atom stereocenters. The highest BCUT2D eigenvalue weighted by Crippen LogP contribution is 2.39. The minimum absolute atomic E-state index is 0.117. The van der Waals surface area contributed by atoms with E-state index in [1.807, 2.05) is 0 Å². The Morgan fingerprint density at radius 2 is 2.06 bits per heavy atom. The van der Waals surface area contributed by atoms with Crippen LogP contribution < -0.4 is 20.3 Å². The van der Waals surface area contributed by atoms with Gasteiger partial charge in [-0.15, -0.1) is 0 Å². The summed E-state index contributed by atoms with van der Waals surface area (Å²) in [4.78, 5) is 26.2. The summed E-state index contributed by atoms with van der Waals surface area (Å²) in [5.74, 6) is -0.443. The molecule has 162 valence electrons. The van der Waals surface area contributed by atoms with E-state index < -0.39 is 17.6 Å². The second-order valence-electron chi connectivity index (χ2n) is 7.43. The van der Waals surface area contributed by atoms with Crippen molar-refractivity contribution in [3.05, 3.63) is 53.6 Å². The van der Waals surface area contributed by atoms with Crippen molar-refractivity contribution in [2.75, 3.05) is 35.7 Å². The van der Waals surface area contributed by atoms with Gasteiger partial charge in [-0.3, -0.25) is 9.59 Å². The van der Waals surface area contributed by atoms with Gasteiger partial charge in [0.15, 0.2) is 0 Å². The number of amides is 2. The highest BCUT2D eigenvalue weighted by Gasteiger charge is 2.32. The van der Waals surface area contributed by atoms with Crippen molar-refractivity contribution in [2.24, 2.45) is 0 Å². The first kappa shape index (κ1) is 20.8. The Morgan fingerprint density at radius 3 is 2.84 bits per heavy atom. The predicted molar refractivity (Wildman–Crippen MR) is 111 cm³/mol. The molecule has 2 amide bonds. The summed E-state index contributed by atoms with van der Waals surface area (Å²) in [5.41, 5.74) is 2.09. The highest BCUT2D eigenvalue weighted by atomic mass is 19.4. The van der Waals surface area contributed by atoms with E-state index in [1.54, 1.807) is 30.1 Å². The Hall–Kier alpha value is -3.49. The topological polar surface area (TPSA) is 70.7 Å². The summed E-state index contributed by atoms with van der Waals surface area (Å²) < 4.78 is 44.6. The molecule has 2 aliphatic rings. The molecule has 31 heavy (non-hydrogen) atoms. The number of hydrogen-bond donors (Lipinski definition) is 2. The normalized spacial score (nSPS) is 17.2. The van der Waals surface area contributed by atoms with Gasteiger partial charge in [0.05, 0.1) is 35.8 Å². The van der Waals surface area contributed by atoms with E-state index in [-0.39, 0.29) is 24.8 Å². The lowest BCUT2D eigenvalue weighted by molar-refractivity contribution is -0.137. The zero-order valence-electron chi connectivity index (χ0n) is 16.7. The molecule has 0 aliphatic carbocycles. The molecule has 2 aromatic carbocycles. The van der Waals surface area contributed by atoms with E-state index in [1.165, 1.54) is 12.1 Å². The third-order valence-electron chi connectivity index (χ3n) is 5.14. The zero-order valence-corrected chi connectivity index (χ0v) is 16.7. The number of hydrogen-bond acceptors (Lipinski definition) is 4. The average molecular weight is 431 g/mol. The van der Waals surface area contributed by atoms with Crippen LogP contribution in [0.2, 0.25) is 0 Å². The third kappa shape index (κ3) is 4.35. The van der Waals surface area contributed by atoms with Crippen LogP contribution in [0.15, 0.2) is 42.5 Å². The third-order valence-corrected chi connectivity index (χ3v) is 5.14. The molecule has 2 heterocycles. The number of para-hydroxylation sites is 1. The van der Waals surface area contributed by atoms with Crippen molar-refractivity contribution in [1.29, 1.82) is 0 Å². The van der Waals surface area contributed by atoms with Crippen molar-refractivity contribution in [1.82, 2.24) is 0 Å². The van der Waals surface area contributed by atoms with Crippen molar-refractivity contribution in [2.45, 2.75) is 19.0 Å². The van der Waals surface area contributed by atoms with E-state index in [4.69, 9.17) is 4.74 Å². The molecule has 0 unspecified atom stereocenters. The van der Waals surface area contributed by atoms with E-state index >= 15 is 0 Å². The lowest BCUT2D eigenvalue weighted by Crippen LogP contribution is -2.36. The number of allylic oxidation sites excluding steroid dienone is 1. The van der Waals surface area contributed by atoms with Crippen LogP contribution in [0.3, 0.4) is 0 Å². The fraction of sp³-hybridized carbons (Fsp3) is 0.273. The largest absolute Gasteiger partial charge is 0.493 e. The van der Waals surface area contributed by atoms with Gasteiger partial charge in [0.2, 0.25) is 11.8 Å². The van der Waals surface area contributed by atoms with Crippen LogP contribution in [0.5, 0.6) is 5.75 Å². The lowest BCUT2D eigenvalue weighted by Gasteiger charge is -2.29. The molecule has 0 radical (unpaired) electrons. The average Bonchev–Trinajstić information content (AvgIpc) is 2.88. The van der Waals surface area contributed by atoms with Gasteiger partial charge in [-0.05, 0) is 42.7 Å². The summed E-state index contributed by atoms with van der Waals surface area (Å²) in [6, 6.07) is 8.49. The maximum Gasteiger partial charge on any atom is 0.416 e. The van der Waals surface area contributed by atoms with E-state index in [0.717, 1.165) is 12.1 Å². The van der Waals surface area contributed by atoms with Gasteiger partial charge in [0, 0.05) is 18.7 Å². The molecule has 4 rings (SSSR count). The molecule has 6 nitrogen and oxygen atoms in total. The standard InChI is InChI=1S/C22H20F3N3O3/c1-28-12-20(30)27-17-6-2-5-16(21(17)28)26-19(29)10-13-4-3-9-31-18-11-14(22(23,24)25)7-8-15(13)18/h2,5-8,10-11H,3-4,9,12H2,1H3,(H,26,29)(H,27,30). The quantitative estimate of drug-likeness (QED) is 0.696. The SMILES string of the molecule is CN1CC(=O)Nc2cccc(NC(=O)C=C3CCCOc4cc(C(F)(F)F)ccc43)c21. The molecule has 0 saturated heterocycles. The Labute approximate surface area is 176 Å². The van der Waals surface area contributed by atoms with Gasteiger partial charge >= 0.3 is 6.18 Å². The van der Waals surface area contributed by atoms with Gasteiger partial charge < -0.3 is 20.3 Å². The maximum atomic E-state index is 13.0. The molecule has 2 aromatic rings. The molecule has 2 N–H and O–H groups in total. The molecule has 0 fully saturated rings. The predicted octanol–water partition coefficient (Wildman–Crippen LogP) is 4.29. The fourth-order valence-electron chi connectivity index (χ4n) is 3.78. The number of carbonyl (C=O) groups is 2. The number of likely N-dealkylation sites (N-methyl/N-ethyl adjacent to an activating group) is 1. The summed E-state index contributed by atoms with van der Waals surface area (Å²) in [7, 11) is 1.75. The van der Waals surface area contributed by atoms with Crippen LogP contribution in [-0.2, 0) is 15.8 Å². The molecular weight excluding hydrogens is 411 g/mol. The number of nitrogens with one attached hydrogen (secondary N) is 2. The highest BCUT2D eigenvalue weighted by molar-refractivity contribution is 6.10. The van der Waals surface area contributed by atoms with Crippen LogP contribution in [0.4, 0.5) is 30.2 Å². The Morgan fingerprint density at radius 1 is 1.26 bits per heavy atom. The molecule has 0 bridgehead atoms. The number of ether oxygens (including phenoxy) is 1. The van der Waals surface area contributed by atoms with Crippen LogP contribution >= 0.6 is 0 Å². The molecule has 0 saturated carbocycles. The molecule has 0 aromatic heterocycles. The number of fused-ring (bicyclic) bond motifs is 2. The van der Waals surface area contributed by atoms with Gasteiger partial charge in [0.25, 0.3) is 0 Å². The number of carbonyl (C=O) groups excluding carboxylic acids is 2. The molecule has 9 heteroatoms. The number of halogens is 3. The summed E-state index contributed by atoms with van der Waals surface area (Å²) in [6.45, 7) is 0.428. The molecule has 0 spiro atoms. The fourth-order valence-corrected chi connectivity index (χ4v) is 3.78. The van der Waals surface area contributed by atoms with Crippen LogP contribution in [0, 0.1) is 0 Å². The maximum absolute atomic E-state index is 13.0. The smallest absolute Gasteiger partial charge is 0.416 e. The Balaban J connectivity index is 1.63. The zero-order chi connectivity index (χ0) is 22.2. The van der Waals surface area contributed by atoms with Gasteiger partial charge in [-0.1, -0.05) is 12.1 Å². The van der Waals surface area contributed by atoms with Crippen LogP contribution in [0.1, 0.15) is 24.0 Å². The first-order valence-corrected chi connectivity index (χ1v) is 9.72. The Bertz CT molecular complexity index is 1080. The van der Waals surface area contributed by atoms with Gasteiger partial charge in [-0.25, -0.2) is 0 Å². The monoisotopic (exact) mass is 431 g/mol. The van der Waals surface area contributed by atoms with Crippen LogP contribution in [0.25, 0.3) is 5.57 Å². The Kier molecular flexibility index (Phi) is 5.34. The van der Waals surface area contributed by atoms with Gasteiger partial charge in [-0.2, -0.15) is 13.2 Å². The number of benzene rings is 2. The molecule has 2 aliphatic heterocycles. The first-order chi connectivity index (χ1) is 14.7. The molecular formula is C22H20F3N3O3. The van der Waals surface area contributed by atoms with E-state index in [2.05, 4.69) is 10.6 Å². The van der Waals surface area contributed by atoms with Crippen molar-refractivity contribution in [3.63, 3.8) is 0 Å². The summed E-state index contributed by atoms with van der Waals surface area (Å²) in [6.07, 6.45) is -2.01. The second kappa shape index (κ2) is 7.98. The second-order valence-corrected chi connectivity index (χ2v) is 7.43.